The number of hydrogen-bond donors (Lipinski definition) is 0. The summed E-state index contributed by atoms with van der Waals surface area (Å²) >= 11 is 0. The van der Waals surface area contributed by atoms with Crippen molar-refractivity contribution in [3.05, 3.63) is 46.7 Å². The molecule has 0 unspecified atom stereocenters. The monoisotopic (exact) mass is 426 g/mol. The number of fused-ring (bicyclic) bond motifs is 1. The second kappa shape index (κ2) is 8.34. The van der Waals surface area contributed by atoms with Crippen molar-refractivity contribution in [2.75, 3.05) is 21.3 Å². The Morgan fingerprint density at radius 2 is 1.55 bits per heavy atom. The SMILES string of the molecule is COc1cc(OC)c(OC)cc1/C=C1\Oc2cc(OC(=O)C(C)(C)C)cc(C)c2C1=O. The largest absolute Gasteiger partial charge is 0.496 e. The molecule has 31 heavy (non-hydrogen) atoms. The van der Waals surface area contributed by atoms with E-state index in [-0.39, 0.29) is 17.5 Å². The molecule has 0 saturated carbocycles. The van der Waals surface area contributed by atoms with E-state index >= 15 is 0 Å². The van der Waals surface area contributed by atoms with Gasteiger partial charge in [-0.25, -0.2) is 0 Å². The quantitative estimate of drug-likeness (QED) is 0.393. The highest BCUT2D eigenvalue weighted by Gasteiger charge is 2.31. The predicted octanol–water partition coefficient (Wildman–Crippen LogP) is 4.59. The number of methoxy groups -OCH3 is 3. The first kappa shape index (κ1) is 22.2. The van der Waals surface area contributed by atoms with E-state index in [1.54, 1.807) is 58.0 Å². The van der Waals surface area contributed by atoms with Gasteiger partial charge >= 0.3 is 5.97 Å². The summed E-state index contributed by atoms with van der Waals surface area (Å²) in [7, 11) is 4.58. The van der Waals surface area contributed by atoms with Crippen LogP contribution in [0.2, 0.25) is 0 Å². The van der Waals surface area contributed by atoms with Crippen LogP contribution in [0.1, 0.15) is 42.3 Å². The van der Waals surface area contributed by atoms with Gasteiger partial charge in [0.05, 0.1) is 32.3 Å². The van der Waals surface area contributed by atoms with Crippen LogP contribution in [0, 0.1) is 12.3 Å². The lowest BCUT2D eigenvalue weighted by Crippen LogP contribution is -2.25. The topological polar surface area (TPSA) is 80.3 Å². The lowest BCUT2D eigenvalue weighted by Gasteiger charge is -2.16. The maximum Gasteiger partial charge on any atom is 0.316 e. The average Bonchev–Trinajstić information content (AvgIpc) is 3.02. The van der Waals surface area contributed by atoms with Crippen molar-refractivity contribution in [1.29, 1.82) is 0 Å². The van der Waals surface area contributed by atoms with E-state index in [0.717, 1.165) is 0 Å². The zero-order valence-corrected chi connectivity index (χ0v) is 18.7. The van der Waals surface area contributed by atoms with Crippen LogP contribution in [0.15, 0.2) is 30.0 Å². The van der Waals surface area contributed by atoms with Gasteiger partial charge in [-0.3, -0.25) is 9.59 Å². The number of benzene rings is 2. The molecule has 0 atom stereocenters. The van der Waals surface area contributed by atoms with E-state index in [9.17, 15) is 9.59 Å². The first-order chi connectivity index (χ1) is 14.6. The summed E-state index contributed by atoms with van der Waals surface area (Å²) in [6.45, 7) is 7.08. The summed E-state index contributed by atoms with van der Waals surface area (Å²) in [5.74, 6) is 1.65. The third-order valence-corrected chi connectivity index (χ3v) is 4.79. The minimum atomic E-state index is -0.654. The number of esters is 1. The van der Waals surface area contributed by atoms with E-state index in [4.69, 9.17) is 23.7 Å². The highest BCUT2D eigenvalue weighted by molar-refractivity contribution is 6.15. The van der Waals surface area contributed by atoms with Gasteiger partial charge in [0, 0.05) is 17.7 Å². The Labute approximate surface area is 181 Å². The normalized spacial score (nSPS) is 14.2. The molecule has 0 spiro atoms. The Bertz CT molecular complexity index is 1070. The van der Waals surface area contributed by atoms with Crippen LogP contribution in [-0.2, 0) is 4.79 Å². The summed E-state index contributed by atoms with van der Waals surface area (Å²) in [6.07, 6.45) is 1.59. The fourth-order valence-electron chi connectivity index (χ4n) is 3.10. The molecule has 1 aliphatic rings. The van der Waals surface area contributed by atoms with E-state index < -0.39 is 5.41 Å². The molecule has 0 amide bonds. The number of allylic oxidation sites excluding steroid dienone is 1. The summed E-state index contributed by atoms with van der Waals surface area (Å²) in [6, 6.07) is 6.58. The maximum atomic E-state index is 13.0. The van der Waals surface area contributed by atoms with Crippen LogP contribution in [0.25, 0.3) is 6.08 Å². The standard InChI is InChI=1S/C24H26O7/c1-13-8-15(30-23(26)24(2,3)4)11-19-21(13)22(25)20(31-19)10-14-9-17(28-6)18(29-7)12-16(14)27-5/h8-12H,1-7H3/b20-10-. The van der Waals surface area contributed by atoms with Crippen molar-refractivity contribution in [1.82, 2.24) is 0 Å². The molecule has 0 fully saturated rings. The fraction of sp³-hybridized carbons (Fsp3) is 0.333. The van der Waals surface area contributed by atoms with Gasteiger partial charge in [0.25, 0.3) is 0 Å². The molecule has 2 aromatic rings. The number of aryl methyl sites for hydroxylation is 1. The molecule has 1 heterocycles. The Hall–Kier alpha value is -3.48. The smallest absolute Gasteiger partial charge is 0.316 e. The van der Waals surface area contributed by atoms with Crippen LogP contribution in [0.3, 0.4) is 0 Å². The van der Waals surface area contributed by atoms with Crippen LogP contribution < -0.4 is 23.7 Å². The lowest BCUT2D eigenvalue weighted by molar-refractivity contribution is -0.143. The number of carbonyl (C=O) groups excluding carboxylic acids is 2. The minimum Gasteiger partial charge on any atom is -0.496 e. The molecule has 0 N–H and O–H groups in total. The van der Waals surface area contributed by atoms with Gasteiger partial charge in [-0.15, -0.1) is 0 Å². The molecular weight excluding hydrogens is 400 g/mol. The van der Waals surface area contributed by atoms with Crippen LogP contribution in [-0.4, -0.2) is 33.1 Å². The average molecular weight is 426 g/mol. The molecule has 0 aromatic heterocycles. The molecule has 164 valence electrons. The van der Waals surface area contributed by atoms with Gasteiger partial charge in [0.2, 0.25) is 5.78 Å². The summed E-state index contributed by atoms with van der Waals surface area (Å²) in [4.78, 5) is 25.2. The van der Waals surface area contributed by atoms with Crippen molar-refractivity contribution in [2.24, 2.45) is 5.41 Å². The summed E-state index contributed by atoms with van der Waals surface area (Å²) in [5.41, 5.74) is 1.02. The van der Waals surface area contributed by atoms with Crippen molar-refractivity contribution in [3.8, 4) is 28.7 Å². The van der Waals surface area contributed by atoms with Gasteiger partial charge in [-0.05, 0) is 51.5 Å². The molecule has 1 aliphatic heterocycles. The van der Waals surface area contributed by atoms with Gasteiger partial charge in [0.15, 0.2) is 17.3 Å². The zero-order chi connectivity index (χ0) is 22.9. The molecular formula is C24H26O7. The molecule has 3 rings (SSSR count). The third kappa shape index (κ3) is 4.35. The van der Waals surface area contributed by atoms with Gasteiger partial charge < -0.3 is 23.7 Å². The van der Waals surface area contributed by atoms with Crippen LogP contribution in [0.5, 0.6) is 28.7 Å². The van der Waals surface area contributed by atoms with Crippen LogP contribution >= 0.6 is 0 Å². The maximum absolute atomic E-state index is 13.0. The molecule has 0 saturated heterocycles. The first-order valence-corrected chi connectivity index (χ1v) is 9.70. The molecule has 0 aliphatic carbocycles. The number of hydrogen-bond acceptors (Lipinski definition) is 7. The van der Waals surface area contributed by atoms with Crippen molar-refractivity contribution >= 4 is 17.8 Å². The summed E-state index contributed by atoms with van der Waals surface area (Å²) in [5, 5.41) is 0. The second-order valence-electron chi connectivity index (χ2n) is 8.14. The highest BCUT2D eigenvalue weighted by atomic mass is 16.5. The Balaban J connectivity index is 1.98. The Morgan fingerprint density at radius 3 is 2.13 bits per heavy atom. The first-order valence-electron chi connectivity index (χ1n) is 9.70. The molecule has 2 aromatic carbocycles. The number of rotatable bonds is 5. The van der Waals surface area contributed by atoms with Crippen molar-refractivity contribution < 1.29 is 33.3 Å². The van der Waals surface area contributed by atoms with E-state index in [1.165, 1.54) is 21.3 Å². The molecule has 0 bridgehead atoms. The zero-order valence-electron chi connectivity index (χ0n) is 18.7. The fourth-order valence-corrected chi connectivity index (χ4v) is 3.10. The van der Waals surface area contributed by atoms with E-state index in [1.807, 2.05) is 0 Å². The van der Waals surface area contributed by atoms with Crippen molar-refractivity contribution in [3.63, 3.8) is 0 Å². The predicted molar refractivity (Wildman–Crippen MR) is 115 cm³/mol. The van der Waals surface area contributed by atoms with Gasteiger partial charge in [-0.1, -0.05) is 0 Å². The highest BCUT2D eigenvalue weighted by Crippen LogP contribution is 2.40. The lowest BCUT2D eigenvalue weighted by atomic mass is 9.97. The second-order valence-corrected chi connectivity index (χ2v) is 8.14. The van der Waals surface area contributed by atoms with Gasteiger partial charge in [0.1, 0.15) is 17.2 Å². The Kier molecular flexibility index (Phi) is 5.97. The van der Waals surface area contributed by atoms with E-state index in [2.05, 4.69) is 0 Å². The van der Waals surface area contributed by atoms with Gasteiger partial charge in [-0.2, -0.15) is 0 Å². The van der Waals surface area contributed by atoms with Crippen LogP contribution in [0.4, 0.5) is 0 Å². The minimum absolute atomic E-state index is 0.128. The molecule has 0 radical (unpaired) electrons. The molecule has 7 heteroatoms. The molecule has 7 nitrogen and oxygen atoms in total. The number of Topliss-reactive ketones (excluding diaryl/α,β-unsaturated/α-hetero) is 1. The number of carbonyl (C=O) groups is 2. The van der Waals surface area contributed by atoms with Crippen molar-refractivity contribution in [2.45, 2.75) is 27.7 Å². The Morgan fingerprint density at radius 1 is 0.935 bits per heavy atom. The summed E-state index contributed by atoms with van der Waals surface area (Å²) < 4.78 is 27.4. The van der Waals surface area contributed by atoms with E-state index in [0.29, 0.717) is 45.4 Å². The third-order valence-electron chi connectivity index (χ3n) is 4.79. The number of ketones is 1. The number of ether oxygens (including phenoxy) is 5.